The second-order valence-electron chi connectivity index (χ2n) is 12.4. The van der Waals surface area contributed by atoms with E-state index in [0.717, 1.165) is 67.4 Å². The van der Waals surface area contributed by atoms with Crippen molar-refractivity contribution in [2.24, 2.45) is 0 Å². The highest BCUT2D eigenvalue weighted by Crippen LogP contribution is 2.42. The number of benzene rings is 6. The number of nitriles is 1. The molecule has 0 fully saturated rings. The predicted molar refractivity (Wildman–Crippen MR) is 193 cm³/mol. The molecule has 4 nitrogen and oxygen atoms in total. The highest BCUT2D eigenvalue weighted by molar-refractivity contribution is 6.18. The summed E-state index contributed by atoms with van der Waals surface area (Å²) in [5, 5.41) is 17.5. The van der Waals surface area contributed by atoms with Crippen molar-refractivity contribution >= 4 is 71.2 Å². The molecular formula is C43H27N3O. The molecule has 0 saturated carbocycles. The third-order valence-electron chi connectivity index (χ3n) is 9.87. The summed E-state index contributed by atoms with van der Waals surface area (Å²) in [6, 6.07) is 47.1. The van der Waals surface area contributed by atoms with E-state index < -0.39 is 0 Å². The first-order valence-corrected chi connectivity index (χ1v) is 16.0. The van der Waals surface area contributed by atoms with Gasteiger partial charge in [-0.25, -0.2) is 0 Å². The topological polar surface area (TPSA) is 46.8 Å². The summed E-state index contributed by atoms with van der Waals surface area (Å²) in [6.45, 7) is 0. The standard InChI is InChI=1S/C43H27N3O/c44-26-28-12-10-18-30(43(28)46-38-20-6-1-14-31(38)32-15-2-7-21-39(32)46)27-11-9-13-29(23-27)45-37-19-5-3-16-33(37)35-24-36-34-17-4-8-22-41(34)47-42(36)25-40(35)45/h1-10,12-25,27H,11H2. The van der Waals surface area contributed by atoms with E-state index in [-0.39, 0.29) is 5.92 Å². The van der Waals surface area contributed by atoms with Gasteiger partial charge in [-0.05, 0) is 54.5 Å². The zero-order valence-electron chi connectivity index (χ0n) is 25.4. The fourth-order valence-electron chi connectivity index (χ4n) is 7.86. The highest BCUT2D eigenvalue weighted by atomic mass is 16.3. The number of hydrogen-bond acceptors (Lipinski definition) is 2. The van der Waals surface area contributed by atoms with Crippen LogP contribution < -0.4 is 0 Å². The average molecular weight is 602 g/mol. The van der Waals surface area contributed by atoms with E-state index in [4.69, 9.17) is 4.42 Å². The van der Waals surface area contributed by atoms with Crippen LogP contribution in [0.3, 0.4) is 0 Å². The van der Waals surface area contributed by atoms with E-state index in [2.05, 4.69) is 137 Å². The molecule has 0 amide bonds. The maximum absolute atomic E-state index is 10.5. The van der Waals surface area contributed by atoms with Crippen LogP contribution in [-0.2, 0) is 0 Å². The SMILES string of the molecule is N#Cc1cccc(C2C=C(n3c4ccccc4c4cc5c(cc43)oc3ccccc35)C=CC2)c1-n1c2ccccc2c2ccccc21. The fraction of sp³-hybridized carbons (Fsp3) is 0.0465. The summed E-state index contributed by atoms with van der Waals surface area (Å²) in [6.07, 6.45) is 7.73. The van der Waals surface area contributed by atoms with E-state index >= 15 is 0 Å². The minimum absolute atomic E-state index is 0.0596. The first kappa shape index (κ1) is 26.0. The lowest BCUT2D eigenvalue weighted by Crippen LogP contribution is -2.09. The van der Waals surface area contributed by atoms with Crippen molar-refractivity contribution < 1.29 is 4.42 Å². The molecule has 4 heteroatoms. The molecule has 0 bridgehead atoms. The minimum atomic E-state index is 0.0596. The molecule has 1 atom stereocenters. The van der Waals surface area contributed by atoms with Gasteiger partial charge in [0, 0.05) is 50.0 Å². The Labute approximate surface area is 270 Å². The monoisotopic (exact) mass is 601 g/mol. The number of rotatable bonds is 3. The number of furan rings is 1. The van der Waals surface area contributed by atoms with Gasteiger partial charge in [0.05, 0.1) is 33.3 Å². The summed E-state index contributed by atoms with van der Waals surface area (Å²) >= 11 is 0. The molecule has 1 unspecified atom stereocenters. The molecular weight excluding hydrogens is 574 g/mol. The van der Waals surface area contributed by atoms with Crippen LogP contribution in [0.15, 0.2) is 150 Å². The van der Waals surface area contributed by atoms with Crippen LogP contribution in [0.2, 0.25) is 0 Å². The van der Waals surface area contributed by atoms with Crippen LogP contribution in [0.5, 0.6) is 0 Å². The van der Waals surface area contributed by atoms with Crippen molar-refractivity contribution in [2.45, 2.75) is 12.3 Å². The molecule has 1 aliphatic rings. The first-order chi connectivity index (χ1) is 23.3. The average Bonchev–Trinajstić information content (AvgIpc) is 3.77. The molecule has 47 heavy (non-hydrogen) atoms. The lowest BCUT2D eigenvalue weighted by Gasteiger charge is -2.23. The number of aromatic nitrogens is 2. The molecule has 0 aliphatic heterocycles. The molecule has 0 radical (unpaired) electrons. The van der Waals surface area contributed by atoms with Crippen LogP contribution in [0.25, 0.3) is 76.9 Å². The van der Waals surface area contributed by atoms with Crippen molar-refractivity contribution in [1.29, 1.82) is 5.26 Å². The Balaban J connectivity index is 1.22. The Morgan fingerprint density at radius 3 is 1.94 bits per heavy atom. The largest absolute Gasteiger partial charge is 0.456 e. The van der Waals surface area contributed by atoms with E-state index in [9.17, 15) is 5.26 Å². The van der Waals surface area contributed by atoms with Gasteiger partial charge < -0.3 is 13.6 Å². The Morgan fingerprint density at radius 2 is 1.21 bits per heavy atom. The zero-order valence-corrected chi connectivity index (χ0v) is 25.4. The van der Waals surface area contributed by atoms with Gasteiger partial charge in [-0.15, -0.1) is 0 Å². The number of allylic oxidation sites excluding steroid dienone is 4. The van der Waals surface area contributed by atoms with Gasteiger partial charge in [0.1, 0.15) is 17.2 Å². The van der Waals surface area contributed by atoms with E-state index in [1.165, 1.54) is 21.5 Å². The molecule has 6 aromatic carbocycles. The molecule has 3 aromatic heterocycles. The molecule has 0 spiro atoms. The summed E-state index contributed by atoms with van der Waals surface area (Å²) < 4.78 is 11.0. The Bertz CT molecular complexity index is 2800. The van der Waals surface area contributed by atoms with Crippen LogP contribution >= 0.6 is 0 Å². The third kappa shape index (κ3) is 3.69. The fourth-order valence-corrected chi connectivity index (χ4v) is 7.86. The normalized spacial score (nSPS) is 15.0. The van der Waals surface area contributed by atoms with Gasteiger partial charge in [0.25, 0.3) is 0 Å². The number of nitrogens with zero attached hydrogens (tertiary/aromatic N) is 3. The summed E-state index contributed by atoms with van der Waals surface area (Å²) in [5.74, 6) is 0.0596. The molecule has 1 aliphatic carbocycles. The number of para-hydroxylation sites is 5. The van der Waals surface area contributed by atoms with Crippen molar-refractivity contribution in [3.05, 3.63) is 157 Å². The quantitative estimate of drug-likeness (QED) is 0.202. The summed E-state index contributed by atoms with van der Waals surface area (Å²) in [4.78, 5) is 0. The molecule has 3 heterocycles. The minimum Gasteiger partial charge on any atom is -0.456 e. The maximum atomic E-state index is 10.5. The highest BCUT2D eigenvalue weighted by Gasteiger charge is 2.24. The van der Waals surface area contributed by atoms with Crippen molar-refractivity contribution in [3.63, 3.8) is 0 Å². The van der Waals surface area contributed by atoms with Gasteiger partial charge in [-0.2, -0.15) is 5.26 Å². The first-order valence-electron chi connectivity index (χ1n) is 16.0. The van der Waals surface area contributed by atoms with Crippen LogP contribution in [-0.4, -0.2) is 9.13 Å². The Morgan fingerprint density at radius 1 is 0.574 bits per heavy atom. The predicted octanol–water partition coefficient (Wildman–Crippen LogP) is 11.2. The molecule has 220 valence electrons. The zero-order chi connectivity index (χ0) is 31.1. The van der Waals surface area contributed by atoms with E-state index in [1.807, 2.05) is 24.3 Å². The second kappa shape index (κ2) is 9.84. The number of hydrogen-bond donors (Lipinski definition) is 0. The van der Waals surface area contributed by atoms with Gasteiger partial charge in [0.15, 0.2) is 0 Å². The van der Waals surface area contributed by atoms with E-state index in [0.29, 0.717) is 5.56 Å². The van der Waals surface area contributed by atoms with Crippen LogP contribution in [0, 0.1) is 11.3 Å². The second-order valence-corrected chi connectivity index (χ2v) is 12.4. The molecule has 9 aromatic rings. The summed E-state index contributed by atoms with van der Waals surface area (Å²) in [5.41, 5.74) is 10.1. The van der Waals surface area contributed by atoms with Crippen molar-refractivity contribution in [3.8, 4) is 11.8 Å². The molecule has 0 saturated heterocycles. The number of fused-ring (bicyclic) bond motifs is 9. The van der Waals surface area contributed by atoms with Gasteiger partial charge in [0.2, 0.25) is 0 Å². The van der Waals surface area contributed by atoms with Gasteiger partial charge >= 0.3 is 0 Å². The lowest BCUT2D eigenvalue weighted by atomic mass is 9.88. The van der Waals surface area contributed by atoms with Crippen molar-refractivity contribution in [1.82, 2.24) is 9.13 Å². The van der Waals surface area contributed by atoms with Gasteiger partial charge in [-0.3, -0.25) is 0 Å². The Hall–Kier alpha value is -6.31. The third-order valence-corrected chi connectivity index (χ3v) is 9.87. The van der Waals surface area contributed by atoms with E-state index in [1.54, 1.807) is 0 Å². The van der Waals surface area contributed by atoms with Crippen LogP contribution in [0.1, 0.15) is 23.5 Å². The van der Waals surface area contributed by atoms with Gasteiger partial charge in [-0.1, -0.05) is 97.1 Å². The lowest BCUT2D eigenvalue weighted by molar-refractivity contribution is 0.669. The molecule has 10 rings (SSSR count). The Kier molecular flexibility index (Phi) is 5.44. The maximum Gasteiger partial charge on any atom is 0.137 e. The summed E-state index contributed by atoms with van der Waals surface area (Å²) in [7, 11) is 0. The van der Waals surface area contributed by atoms with Crippen molar-refractivity contribution in [2.75, 3.05) is 0 Å². The van der Waals surface area contributed by atoms with Crippen LogP contribution in [0.4, 0.5) is 0 Å². The molecule has 0 N–H and O–H groups in total. The smallest absolute Gasteiger partial charge is 0.137 e.